The minimum atomic E-state index is -0.0374. The molecule has 0 radical (unpaired) electrons. The lowest BCUT2D eigenvalue weighted by Gasteiger charge is -2.04. The molecule has 2 N–H and O–H groups in total. The van der Waals surface area contributed by atoms with Gasteiger partial charge in [-0.25, -0.2) is 4.98 Å². The van der Waals surface area contributed by atoms with E-state index in [-0.39, 0.29) is 5.91 Å². The van der Waals surface area contributed by atoms with E-state index in [0.29, 0.717) is 17.9 Å². The van der Waals surface area contributed by atoms with E-state index in [1.54, 1.807) is 30.2 Å². The Labute approximate surface area is 186 Å². The van der Waals surface area contributed by atoms with Gasteiger partial charge >= 0.3 is 0 Å². The molecule has 4 rings (SSSR count). The van der Waals surface area contributed by atoms with E-state index in [9.17, 15) is 4.79 Å². The molecule has 0 aliphatic carbocycles. The van der Waals surface area contributed by atoms with Gasteiger partial charge in [0, 0.05) is 29.5 Å². The van der Waals surface area contributed by atoms with Crippen molar-refractivity contribution in [2.75, 3.05) is 11.1 Å². The summed E-state index contributed by atoms with van der Waals surface area (Å²) in [5, 5.41) is 3.67. The number of aryl methyl sites for hydroxylation is 2. The van der Waals surface area contributed by atoms with E-state index in [2.05, 4.69) is 77.7 Å². The largest absolute Gasteiger partial charge is 0.332 e. The number of benzene rings is 2. The van der Waals surface area contributed by atoms with Crippen molar-refractivity contribution in [2.45, 2.75) is 25.4 Å². The van der Waals surface area contributed by atoms with Crippen molar-refractivity contribution in [1.82, 2.24) is 15.0 Å². The van der Waals surface area contributed by atoms with E-state index in [0.717, 1.165) is 27.7 Å². The number of carbonyl (C=O) groups is 1. The molecule has 5 nitrogen and oxygen atoms in total. The molecule has 1 amide bonds. The second kappa shape index (κ2) is 9.62. The third-order valence-corrected chi connectivity index (χ3v) is 5.74. The number of pyridine rings is 1. The van der Waals surface area contributed by atoms with E-state index >= 15 is 0 Å². The Balaban J connectivity index is 1.50. The Morgan fingerprint density at radius 3 is 2.29 bits per heavy atom. The lowest BCUT2D eigenvalue weighted by molar-refractivity contribution is -0.115. The number of hydrogen-bond acceptors (Lipinski definition) is 4. The Bertz CT molecular complexity index is 1090. The molecular weight excluding hydrogens is 404 g/mol. The number of aromatic amines is 1. The van der Waals surface area contributed by atoms with Crippen LogP contribution in [0.15, 0.2) is 78.2 Å². The maximum absolute atomic E-state index is 12.2. The van der Waals surface area contributed by atoms with Gasteiger partial charge in [-0.2, -0.15) is 0 Å². The molecule has 6 heteroatoms. The van der Waals surface area contributed by atoms with Crippen LogP contribution in [0.3, 0.4) is 0 Å². The van der Waals surface area contributed by atoms with Gasteiger partial charge in [0.25, 0.3) is 0 Å². The standard InChI is InChI=1S/C25H24N4OS/c1-17-5-9-19(10-6-17)23-24(20-11-7-18(2)8-12-20)29-25(28-23)31-15-13-22(30)27-21-4-3-14-26-16-21/h3-12,14,16H,13,15H2,1-2H3,(H,27,30)(H,28,29). The lowest BCUT2D eigenvalue weighted by Crippen LogP contribution is -2.12. The maximum atomic E-state index is 12.2. The molecule has 0 atom stereocenters. The molecule has 0 bridgehead atoms. The van der Waals surface area contributed by atoms with Crippen LogP contribution < -0.4 is 5.32 Å². The van der Waals surface area contributed by atoms with Gasteiger partial charge in [0.15, 0.2) is 5.16 Å². The number of amides is 1. The molecule has 31 heavy (non-hydrogen) atoms. The Hall–Kier alpha value is -3.38. The van der Waals surface area contributed by atoms with E-state index in [4.69, 9.17) is 4.98 Å². The van der Waals surface area contributed by atoms with Gasteiger partial charge in [-0.1, -0.05) is 71.4 Å². The number of aromatic nitrogens is 3. The van der Waals surface area contributed by atoms with Crippen LogP contribution in [0.2, 0.25) is 0 Å². The van der Waals surface area contributed by atoms with Crippen molar-refractivity contribution in [1.29, 1.82) is 0 Å². The fourth-order valence-electron chi connectivity index (χ4n) is 3.17. The quantitative estimate of drug-likeness (QED) is 0.361. The summed E-state index contributed by atoms with van der Waals surface area (Å²) >= 11 is 1.55. The Morgan fingerprint density at radius 2 is 1.65 bits per heavy atom. The van der Waals surface area contributed by atoms with Crippen molar-refractivity contribution in [3.8, 4) is 22.5 Å². The fraction of sp³-hybridized carbons (Fsp3) is 0.160. The normalized spacial score (nSPS) is 10.8. The molecule has 0 saturated carbocycles. The SMILES string of the molecule is Cc1ccc(-c2nc(SCCC(=O)Nc3cccnc3)[nH]c2-c2ccc(C)cc2)cc1. The summed E-state index contributed by atoms with van der Waals surface area (Å²) in [4.78, 5) is 24.5. The third-order valence-electron chi connectivity index (χ3n) is 4.86. The first kappa shape index (κ1) is 20.9. The summed E-state index contributed by atoms with van der Waals surface area (Å²) in [5.41, 5.74) is 7.21. The van der Waals surface area contributed by atoms with Crippen molar-refractivity contribution < 1.29 is 4.79 Å². The summed E-state index contributed by atoms with van der Waals surface area (Å²) in [6.07, 6.45) is 3.71. The van der Waals surface area contributed by atoms with E-state index in [1.807, 2.05) is 6.07 Å². The average molecular weight is 429 g/mol. The monoisotopic (exact) mass is 428 g/mol. The fourth-order valence-corrected chi connectivity index (χ4v) is 3.98. The van der Waals surface area contributed by atoms with Crippen molar-refractivity contribution in [3.63, 3.8) is 0 Å². The van der Waals surface area contributed by atoms with Gasteiger partial charge in [0.1, 0.15) is 0 Å². The molecule has 2 heterocycles. The number of rotatable bonds is 7. The Morgan fingerprint density at radius 1 is 0.968 bits per heavy atom. The zero-order valence-corrected chi connectivity index (χ0v) is 18.4. The second-order valence-corrected chi connectivity index (χ2v) is 8.47. The van der Waals surface area contributed by atoms with Gasteiger partial charge in [0.2, 0.25) is 5.91 Å². The zero-order chi connectivity index (χ0) is 21.6. The third kappa shape index (κ3) is 5.41. The summed E-state index contributed by atoms with van der Waals surface area (Å²) < 4.78 is 0. The number of nitrogens with zero attached hydrogens (tertiary/aromatic N) is 2. The second-order valence-electron chi connectivity index (χ2n) is 7.39. The number of imidazole rings is 1. The van der Waals surface area contributed by atoms with Crippen LogP contribution in [0.1, 0.15) is 17.5 Å². The van der Waals surface area contributed by atoms with Crippen LogP contribution in [0.5, 0.6) is 0 Å². The van der Waals surface area contributed by atoms with Gasteiger partial charge in [0.05, 0.1) is 23.3 Å². The highest BCUT2D eigenvalue weighted by Crippen LogP contribution is 2.33. The highest BCUT2D eigenvalue weighted by molar-refractivity contribution is 7.99. The first-order valence-corrected chi connectivity index (χ1v) is 11.1. The average Bonchev–Trinajstić information content (AvgIpc) is 3.19. The van der Waals surface area contributed by atoms with Crippen molar-refractivity contribution >= 4 is 23.4 Å². The molecule has 0 unspecified atom stereocenters. The molecule has 4 aromatic rings. The lowest BCUT2D eigenvalue weighted by atomic mass is 10.0. The van der Waals surface area contributed by atoms with Gasteiger partial charge in [-0.05, 0) is 26.0 Å². The number of nitrogens with one attached hydrogen (secondary N) is 2. The highest BCUT2D eigenvalue weighted by Gasteiger charge is 2.15. The van der Waals surface area contributed by atoms with Crippen molar-refractivity contribution in [2.24, 2.45) is 0 Å². The summed E-state index contributed by atoms with van der Waals surface area (Å²) in [7, 11) is 0. The smallest absolute Gasteiger partial charge is 0.225 e. The molecule has 0 aliphatic rings. The first-order chi connectivity index (χ1) is 15.1. The minimum absolute atomic E-state index is 0.0374. The summed E-state index contributed by atoms with van der Waals surface area (Å²) in [5.74, 6) is 0.588. The molecule has 2 aromatic heterocycles. The predicted molar refractivity (Wildman–Crippen MR) is 127 cm³/mol. The topological polar surface area (TPSA) is 70.7 Å². The first-order valence-electron chi connectivity index (χ1n) is 10.2. The summed E-state index contributed by atoms with van der Waals surface area (Å²) in [6.45, 7) is 4.16. The van der Waals surface area contributed by atoms with Gasteiger partial charge in [-0.15, -0.1) is 0 Å². The van der Waals surface area contributed by atoms with Gasteiger partial charge < -0.3 is 10.3 Å². The zero-order valence-electron chi connectivity index (χ0n) is 17.6. The van der Waals surface area contributed by atoms with Crippen LogP contribution in [-0.2, 0) is 4.79 Å². The number of H-pyrrole nitrogens is 1. The number of thioether (sulfide) groups is 1. The predicted octanol–water partition coefficient (Wildman–Crippen LogP) is 5.88. The molecule has 0 aliphatic heterocycles. The number of carbonyl (C=O) groups excluding carboxylic acids is 1. The van der Waals surface area contributed by atoms with Gasteiger partial charge in [-0.3, -0.25) is 9.78 Å². The van der Waals surface area contributed by atoms with Crippen LogP contribution in [0.4, 0.5) is 5.69 Å². The molecule has 0 saturated heterocycles. The summed E-state index contributed by atoms with van der Waals surface area (Å²) in [6, 6.07) is 20.4. The van der Waals surface area contributed by atoms with Crippen LogP contribution in [-0.4, -0.2) is 26.6 Å². The van der Waals surface area contributed by atoms with Crippen LogP contribution in [0.25, 0.3) is 22.5 Å². The van der Waals surface area contributed by atoms with E-state index < -0.39 is 0 Å². The minimum Gasteiger partial charge on any atom is -0.332 e. The van der Waals surface area contributed by atoms with E-state index in [1.165, 1.54) is 11.1 Å². The van der Waals surface area contributed by atoms with Crippen molar-refractivity contribution in [3.05, 3.63) is 84.2 Å². The van der Waals surface area contributed by atoms with Crippen LogP contribution in [0, 0.1) is 13.8 Å². The maximum Gasteiger partial charge on any atom is 0.225 e. The molecular formula is C25H24N4OS. The molecule has 0 spiro atoms. The Kier molecular flexibility index (Phi) is 6.48. The highest BCUT2D eigenvalue weighted by atomic mass is 32.2. The number of anilines is 1. The van der Waals surface area contributed by atoms with Crippen LogP contribution >= 0.6 is 11.8 Å². The number of hydrogen-bond donors (Lipinski definition) is 2. The molecule has 2 aromatic carbocycles. The molecule has 156 valence electrons. The molecule has 0 fully saturated rings.